The zero-order chi connectivity index (χ0) is 22.5. The topological polar surface area (TPSA) is 161 Å². The number of rotatable bonds is 7. The fourth-order valence-electron chi connectivity index (χ4n) is 2.95. The first kappa shape index (κ1) is 20.5. The van der Waals surface area contributed by atoms with Gasteiger partial charge in [0.15, 0.2) is 5.69 Å². The largest absolute Gasteiger partial charge is 0.508 e. The van der Waals surface area contributed by atoms with Crippen molar-refractivity contribution < 1.29 is 14.5 Å². The molecule has 4 rings (SSSR count). The number of benzene rings is 2. The van der Waals surface area contributed by atoms with Gasteiger partial charge < -0.3 is 15.7 Å². The number of aromatic nitrogens is 5. The van der Waals surface area contributed by atoms with Crippen LogP contribution in [0.2, 0.25) is 0 Å². The van der Waals surface area contributed by atoms with Crippen LogP contribution in [0, 0.1) is 0 Å². The molecule has 2 aromatic heterocycles. The number of nitrogens with zero attached hydrogens (tertiary/aromatic N) is 7. The van der Waals surface area contributed by atoms with Gasteiger partial charge in [0.05, 0.1) is 18.5 Å². The van der Waals surface area contributed by atoms with Crippen molar-refractivity contribution in [3.8, 4) is 11.6 Å². The fourth-order valence-corrected chi connectivity index (χ4v) is 2.95. The van der Waals surface area contributed by atoms with Crippen molar-refractivity contribution in [2.75, 3.05) is 17.7 Å². The summed E-state index contributed by atoms with van der Waals surface area (Å²) in [5, 5.41) is 28.8. The molecule has 4 N–H and O–H groups in total. The van der Waals surface area contributed by atoms with E-state index in [0.717, 1.165) is 5.69 Å². The Balaban J connectivity index is 1.61. The number of carbonyl (C=O) groups is 1. The van der Waals surface area contributed by atoms with Gasteiger partial charge in [0.25, 0.3) is 5.91 Å². The quantitative estimate of drug-likeness (QED) is 0.288. The van der Waals surface area contributed by atoms with Crippen molar-refractivity contribution in [1.82, 2.24) is 30.7 Å². The lowest BCUT2D eigenvalue weighted by Gasteiger charge is -2.19. The molecule has 0 aliphatic heterocycles. The lowest BCUT2D eigenvalue weighted by atomic mass is 10.2. The van der Waals surface area contributed by atoms with E-state index in [4.69, 9.17) is 5.73 Å². The zero-order valence-electron chi connectivity index (χ0n) is 17.0. The van der Waals surface area contributed by atoms with Gasteiger partial charge >= 0.3 is 0 Å². The number of nitrogen functional groups attached to an aromatic ring is 1. The van der Waals surface area contributed by atoms with Gasteiger partial charge in [-0.25, -0.2) is 10.1 Å². The van der Waals surface area contributed by atoms with Gasteiger partial charge in [-0.2, -0.15) is 9.78 Å². The Hall–Kier alpha value is -4.74. The highest BCUT2D eigenvalue weighted by atomic mass is 16.6. The molecule has 0 fully saturated rings. The summed E-state index contributed by atoms with van der Waals surface area (Å²) in [7, 11) is 1.86. The molecule has 0 radical (unpaired) electrons. The number of nitrogens with two attached hydrogens (primary N) is 1. The third-order valence-electron chi connectivity index (χ3n) is 4.51. The molecule has 0 bridgehead atoms. The minimum atomic E-state index is -0.584. The van der Waals surface area contributed by atoms with Crippen molar-refractivity contribution in [3.05, 3.63) is 71.5 Å². The molecule has 2 aromatic carbocycles. The van der Waals surface area contributed by atoms with Crippen LogP contribution in [0.15, 0.2) is 64.3 Å². The van der Waals surface area contributed by atoms with E-state index in [9.17, 15) is 9.90 Å². The van der Waals surface area contributed by atoms with Crippen LogP contribution in [0.25, 0.3) is 5.82 Å². The monoisotopic (exact) mass is 433 g/mol. The molecule has 0 unspecified atom stereocenters. The molecule has 0 aliphatic rings. The van der Waals surface area contributed by atoms with E-state index in [-0.39, 0.29) is 29.6 Å². The third-order valence-corrected chi connectivity index (χ3v) is 4.51. The molecule has 1 amide bonds. The van der Waals surface area contributed by atoms with E-state index in [1.54, 1.807) is 12.1 Å². The second-order valence-electron chi connectivity index (χ2n) is 6.76. The summed E-state index contributed by atoms with van der Waals surface area (Å²) in [6.45, 7) is 0.252. The van der Waals surface area contributed by atoms with Gasteiger partial charge in [-0.15, -0.1) is 5.10 Å². The molecule has 0 aliphatic carbocycles. The summed E-state index contributed by atoms with van der Waals surface area (Å²) in [5.74, 6) is -0.365. The summed E-state index contributed by atoms with van der Waals surface area (Å²) < 4.78 is 5.97. The van der Waals surface area contributed by atoms with Gasteiger partial charge in [-0.05, 0) is 40.1 Å². The van der Waals surface area contributed by atoms with Crippen LogP contribution in [-0.4, -0.2) is 49.6 Å². The van der Waals surface area contributed by atoms with E-state index in [1.807, 2.05) is 42.3 Å². The minimum absolute atomic E-state index is 0.00683. The second kappa shape index (κ2) is 8.95. The Morgan fingerprint density at radius 3 is 2.78 bits per heavy atom. The molecule has 0 spiro atoms. The van der Waals surface area contributed by atoms with Gasteiger partial charge in [0, 0.05) is 12.7 Å². The van der Waals surface area contributed by atoms with Crippen LogP contribution >= 0.6 is 0 Å². The van der Waals surface area contributed by atoms with E-state index in [2.05, 4.69) is 35.8 Å². The van der Waals surface area contributed by atoms with Gasteiger partial charge in [-0.1, -0.05) is 35.5 Å². The lowest BCUT2D eigenvalue weighted by Crippen LogP contribution is -2.24. The number of phenols is 1. The summed E-state index contributed by atoms with van der Waals surface area (Å²) in [6.07, 6.45) is 1.40. The van der Waals surface area contributed by atoms with Crippen LogP contribution in [0.1, 0.15) is 21.7 Å². The number of nitrogens with one attached hydrogen (secondary N) is 1. The van der Waals surface area contributed by atoms with Crippen molar-refractivity contribution in [3.63, 3.8) is 0 Å². The molecule has 0 atom stereocenters. The number of amides is 1. The average Bonchev–Trinajstić information content (AvgIpc) is 3.40. The first-order chi connectivity index (χ1) is 15.5. The lowest BCUT2D eigenvalue weighted by molar-refractivity contribution is 0.0949. The Morgan fingerprint density at radius 1 is 1.25 bits per heavy atom. The number of anilines is 2. The summed E-state index contributed by atoms with van der Waals surface area (Å²) >= 11 is 0. The Morgan fingerprint density at radius 2 is 2.06 bits per heavy atom. The zero-order valence-corrected chi connectivity index (χ0v) is 17.0. The molecule has 12 nitrogen and oxygen atoms in total. The molecule has 162 valence electrons. The standard InChI is InChI=1S/C20H19N9O3/c1-28(14-7-3-2-4-8-14)12-16-17(23-27-29(16)19-18(21)25-32-26-19)20(31)24-22-11-13-6-5-9-15(30)10-13/h2-11,30H,12H2,1H3,(H2,21,25)(H,24,31)/b22-11-. The minimum Gasteiger partial charge on any atom is -0.508 e. The van der Waals surface area contributed by atoms with Crippen molar-refractivity contribution in [2.24, 2.45) is 5.10 Å². The SMILES string of the molecule is CN(Cc1c(C(=O)N/N=C\c2cccc(O)c2)nnn1-c1nonc1N)c1ccccc1. The van der Waals surface area contributed by atoms with Crippen molar-refractivity contribution >= 4 is 23.6 Å². The maximum atomic E-state index is 12.8. The normalized spacial score (nSPS) is 11.0. The molecular weight excluding hydrogens is 414 g/mol. The van der Waals surface area contributed by atoms with Crippen molar-refractivity contribution in [1.29, 1.82) is 0 Å². The number of para-hydroxylation sites is 1. The van der Waals surface area contributed by atoms with Gasteiger partial charge in [0.1, 0.15) is 5.75 Å². The molecule has 12 heteroatoms. The third kappa shape index (κ3) is 4.38. The van der Waals surface area contributed by atoms with Crippen LogP contribution < -0.4 is 16.1 Å². The predicted octanol–water partition coefficient (Wildman–Crippen LogP) is 1.34. The Bertz CT molecular complexity index is 1250. The van der Waals surface area contributed by atoms with Crippen LogP contribution in [0.5, 0.6) is 5.75 Å². The van der Waals surface area contributed by atoms with E-state index < -0.39 is 5.91 Å². The molecular formula is C20H19N9O3. The Labute approximate surface area is 181 Å². The number of carbonyl (C=O) groups excluding carboxylic acids is 1. The highest BCUT2D eigenvalue weighted by Crippen LogP contribution is 2.20. The number of phenolic OH excluding ortho intramolecular Hbond substituents is 1. The molecule has 0 saturated carbocycles. The summed E-state index contributed by atoms with van der Waals surface area (Å²) in [5.41, 5.74) is 10.2. The first-order valence-electron chi connectivity index (χ1n) is 9.44. The second-order valence-corrected chi connectivity index (χ2v) is 6.76. The van der Waals surface area contributed by atoms with Crippen LogP contribution in [0.3, 0.4) is 0 Å². The molecule has 4 aromatic rings. The number of hydrogen-bond acceptors (Lipinski definition) is 10. The predicted molar refractivity (Wildman–Crippen MR) is 115 cm³/mol. The number of aromatic hydroxyl groups is 1. The Kier molecular flexibility index (Phi) is 5.74. The van der Waals surface area contributed by atoms with E-state index >= 15 is 0 Å². The van der Waals surface area contributed by atoms with Crippen LogP contribution in [0.4, 0.5) is 11.5 Å². The number of hydrogen-bond donors (Lipinski definition) is 3. The van der Waals surface area contributed by atoms with Gasteiger partial charge in [-0.3, -0.25) is 4.79 Å². The van der Waals surface area contributed by atoms with Crippen molar-refractivity contribution in [2.45, 2.75) is 6.54 Å². The summed E-state index contributed by atoms with van der Waals surface area (Å²) in [4.78, 5) is 14.7. The average molecular weight is 433 g/mol. The molecule has 2 heterocycles. The highest BCUT2D eigenvalue weighted by Gasteiger charge is 2.25. The van der Waals surface area contributed by atoms with Crippen LogP contribution in [-0.2, 0) is 6.54 Å². The summed E-state index contributed by atoms with van der Waals surface area (Å²) in [6, 6.07) is 16.0. The first-order valence-corrected chi connectivity index (χ1v) is 9.44. The smallest absolute Gasteiger partial charge is 0.293 e. The maximum Gasteiger partial charge on any atom is 0.293 e. The molecule has 0 saturated heterocycles. The molecule has 32 heavy (non-hydrogen) atoms. The van der Waals surface area contributed by atoms with E-state index in [0.29, 0.717) is 11.3 Å². The number of hydrazone groups is 1. The fraction of sp³-hybridized carbons (Fsp3) is 0.100. The highest BCUT2D eigenvalue weighted by molar-refractivity contribution is 5.94. The van der Waals surface area contributed by atoms with Gasteiger partial charge in [0.2, 0.25) is 11.6 Å². The van der Waals surface area contributed by atoms with E-state index in [1.165, 1.54) is 23.0 Å². The maximum absolute atomic E-state index is 12.8.